The molecule has 1 fully saturated rings. The van der Waals surface area contributed by atoms with E-state index in [1.54, 1.807) is 26.0 Å². The molecule has 1 aromatic carbocycles. The van der Waals surface area contributed by atoms with Gasteiger partial charge in [-0.3, -0.25) is 9.20 Å². The van der Waals surface area contributed by atoms with E-state index in [1.165, 1.54) is 18.2 Å². The highest BCUT2D eigenvalue weighted by molar-refractivity contribution is 7.85. The fourth-order valence-electron chi connectivity index (χ4n) is 3.70. The molecule has 0 bridgehead atoms. The van der Waals surface area contributed by atoms with Crippen LogP contribution in [-0.4, -0.2) is 59.8 Å². The largest absolute Gasteiger partial charge is 0.354 e. The van der Waals surface area contributed by atoms with Crippen LogP contribution >= 0.6 is 0 Å². The molecule has 0 aliphatic heterocycles. The Kier molecular flexibility index (Phi) is 8.82. The second kappa shape index (κ2) is 10.9. The smallest absolute Gasteiger partial charge is 0.191 e. The van der Waals surface area contributed by atoms with Gasteiger partial charge in [-0.1, -0.05) is 19.4 Å². The van der Waals surface area contributed by atoms with Crippen LogP contribution in [-0.2, 0) is 10.8 Å². The maximum Gasteiger partial charge on any atom is 0.191 e. The molecule has 2 rings (SSSR count). The molecule has 0 amide bonds. The Balaban J connectivity index is 2.01. The van der Waals surface area contributed by atoms with Crippen LogP contribution < -0.4 is 10.6 Å². The van der Waals surface area contributed by atoms with Gasteiger partial charge in [0.25, 0.3) is 0 Å². The lowest BCUT2D eigenvalue weighted by molar-refractivity contribution is 0.282. The van der Waals surface area contributed by atoms with Gasteiger partial charge in [0.2, 0.25) is 0 Å². The van der Waals surface area contributed by atoms with Crippen LogP contribution in [0, 0.1) is 11.6 Å². The van der Waals surface area contributed by atoms with Gasteiger partial charge < -0.3 is 15.5 Å². The molecule has 0 spiro atoms. The maximum absolute atomic E-state index is 14.2. The molecule has 158 valence electrons. The first-order chi connectivity index (χ1) is 13.4. The van der Waals surface area contributed by atoms with Gasteiger partial charge in [-0.25, -0.2) is 8.78 Å². The molecule has 0 heterocycles. The lowest BCUT2D eigenvalue weighted by Gasteiger charge is -2.31. The number of nitrogens with zero attached hydrogens (tertiary/aromatic N) is 2. The second-order valence-corrected chi connectivity index (χ2v) is 9.37. The molecular weight excluding hydrogens is 382 g/mol. The lowest BCUT2D eigenvalue weighted by atomic mass is 9.95. The number of guanidine groups is 1. The standard InChI is InChI=1S/C20H32F2N4OS/c1-5-28(27)15-9-6-8-14(12-15)25-20(23-2)24-13-18(26(3)4)19-16(21)10-7-11-17(19)22/h7,10-11,14-15,18H,5-6,8-9,12-13H2,1-4H3,(H2,23,24,25). The molecule has 1 aliphatic carbocycles. The molecule has 4 unspecified atom stereocenters. The minimum atomic E-state index is -0.789. The number of halogens is 2. The van der Waals surface area contributed by atoms with Crippen molar-refractivity contribution in [3.8, 4) is 0 Å². The molecule has 0 radical (unpaired) electrons. The van der Waals surface area contributed by atoms with Crippen LogP contribution in [0.5, 0.6) is 0 Å². The number of nitrogens with one attached hydrogen (secondary N) is 2. The molecule has 0 aromatic heterocycles. The zero-order chi connectivity index (χ0) is 20.7. The van der Waals surface area contributed by atoms with E-state index in [4.69, 9.17) is 0 Å². The Hall–Kier alpha value is -1.54. The lowest BCUT2D eigenvalue weighted by Crippen LogP contribution is -2.48. The van der Waals surface area contributed by atoms with E-state index < -0.39 is 28.5 Å². The van der Waals surface area contributed by atoms with Crippen LogP contribution in [0.4, 0.5) is 8.78 Å². The van der Waals surface area contributed by atoms with Crippen LogP contribution in [0.25, 0.3) is 0 Å². The van der Waals surface area contributed by atoms with Gasteiger partial charge in [0.15, 0.2) is 5.96 Å². The summed E-state index contributed by atoms with van der Waals surface area (Å²) in [4.78, 5) is 6.04. The monoisotopic (exact) mass is 414 g/mol. The van der Waals surface area contributed by atoms with E-state index >= 15 is 0 Å². The number of hydrogen-bond donors (Lipinski definition) is 2. The second-order valence-electron chi connectivity index (χ2n) is 7.37. The van der Waals surface area contributed by atoms with E-state index in [9.17, 15) is 13.0 Å². The average Bonchev–Trinajstić information content (AvgIpc) is 2.68. The third-order valence-electron chi connectivity index (χ3n) is 5.27. The number of hydrogen-bond acceptors (Lipinski definition) is 3. The number of benzene rings is 1. The van der Waals surface area contributed by atoms with Gasteiger partial charge in [-0.05, 0) is 45.5 Å². The summed E-state index contributed by atoms with van der Waals surface area (Å²) >= 11 is 0. The quantitative estimate of drug-likeness (QED) is 0.532. The third-order valence-corrected chi connectivity index (χ3v) is 7.01. The highest BCUT2D eigenvalue weighted by Gasteiger charge is 2.27. The van der Waals surface area contributed by atoms with Crippen molar-refractivity contribution >= 4 is 16.8 Å². The Morgan fingerprint density at radius 3 is 2.57 bits per heavy atom. The van der Waals surface area contributed by atoms with E-state index in [-0.39, 0.29) is 16.9 Å². The summed E-state index contributed by atoms with van der Waals surface area (Å²) in [5.41, 5.74) is 0.0477. The zero-order valence-corrected chi connectivity index (χ0v) is 18.0. The van der Waals surface area contributed by atoms with E-state index in [0.717, 1.165) is 25.7 Å². The molecule has 1 aliphatic rings. The summed E-state index contributed by atoms with van der Waals surface area (Å²) in [7, 11) is 4.47. The fraction of sp³-hybridized carbons (Fsp3) is 0.650. The molecule has 5 nitrogen and oxygen atoms in total. The first kappa shape index (κ1) is 22.7. The first-order valence-corrected chi connectivity index (χ1v) is 11.2. The predicted molar refractivity (Wildman–Crippen MR) is 112 cm³/mol. The fourth-order valence-corrected chi connectivity index (χ4v) is 5.05. The Bertz CT molecular complexity index is 679. The average molecular weight is 415 g/mol. The van der Waals surface area contributed by atoms with Crippen LogP contribution in [0.2, 0.25) is 0 Å². The number of aliphatic imine (C=N–C) groups is 1. The van der Waals surface area contributed by atoms with Gasteiger partial charge >= 0.3 is 0 Å². The summed E-state index contributed by atoms with van der Waals surface area (Å²) in [5.74, 6) is 0.168. The molecule has 1 aromatic rings. The minimum Gasteiger partial charge on any atom is -0.354 e. The topological polar surface area (TPSA) is 56.7 Å². The van der Waals surface area contributed by atoms with Crippen molar-refractivity contribution in [3.05, 3.63) is 35.4 Å². The molecule has 1 saturated carbocycles. The van der Waals surface area contributed by atoms with Crippen molar-refractivity contribution in [3.63, 3.8) is 0 Å². The Labute approximate surface area is 169 Å². The van der Waals surface area contributed by atoms with Crippen LogP contribution in [0.1, 0.15) is 44.2 Å². The zero-order valence-electron chi connectivity index (χ0n) is 17.2. The maximum atomic E-state index is 14.2. The van der Waals surface area contributed by atoms with Gasteiger partial charge in [-0.15, -0.1) is 0 Å². The van der Waals surface area contributed by atoms with E-state index in [1.807, 2.05) is 6.92 Å². The van der Waals surface area contributed by atoms with Crippen LogP contribution in [0.15, 0.2) is 23.2 Å². The van der Waals surface area contributed by atoms with Crippen molar-refractivity contribution in [1.82, 2.24) is 15.5 Å². The first-order valence-electron chi connectivity index (χ1n) is 9.82. The number of likely N-dealkylation sites (N-methyl/N-ethyl adjacent to an activating group) is 1. The molecule has 2 N–H and O–H groups in total. The molecule has 8 heteroatoms. The molecular formula is C20H32F2N4OS. The van der Waals surface area contributed by atoms with Gasteiger partial charge in [0, 0.05) is 47.0 Å². The van der Waals surface area contributed by atoms with Crippen molar-refractivity contribution in [2.45, 2.75) is 49.9 Å². The predicted octanol–water partition coefficient (Wildman–Crippen LogP) is 2.81. The van der Waals surface area contributed by atoms with E-state index in [0.29, 0.717) is 18.3 Å². The molecule has 4 atom stereocenters. The highest BCUT2D eigenvalue weighted by Crippen LogP contribution is 2.25. The van der Waals surface area contributed by atoms with Crippen molar-refractivity contribution in [1.29, 1.82) is 0 Å². The normalized spacial score (nSPS) is 22.8. The Morgan fingerprint density at radius 2 is 2.00 bits per heavy atom. The van der Waals surface area contributed by atoms with Gasteiger partial charge in [0.05, 0.1) is 6.04 Å². The molecule has 0 saturated heterocycles. The van der Waals surface area contributed by atoms with Crippen molar-refractivity contribution in [2.75, 3.05) is 33.4 Å². The summed E-state index contributed by atoms with van der Waals surface area (Å²) in [6, 6.07) is 3.64. The number of rotatable bonds is 7. The van der Waals surface area contributed by atoms with Gasteiger partial charge in [0.1, 0.15) is 11.6 Å². The van der Waals surface area contributed by atoms with Crippen molar-refractivity contribution in [2.24, 2.45) is 4.99 Å². The minimum absolute atomic E-state index is 0.0477. The summed E-state index contributed by atoms with van der Waals surface area (Å²) in [6.45, 7) is 2.26. The molecule has 28 heavy (non-hydrogen) atoms. The van der Waals surface area contributed by atoms with Crippen molar-refractivity contribution < 1.29 is 13.0 Å². The highest BCUT2D eigenvalue weighted by atomic mass is 32.2. The third kappa shape index (κ3) is 5.98. The Morgan fingerprint density at radius 1 is 1.32 bits per heavy atom. The van der Waals surface area contributed by atoms with Gasteiger partial charge in [-0.2, -0.15) is 0 Å². The summed E-state index contributed by atoms with van der Waals surface area (Å²) in [5, 5.41) is 6.80. The van der Waals surface area contributed by atoms with E-state index in [2.05, 4.69) is 15.6 Å². The SMILES string of the molecule is CCS(=O)C1CCCC(NC(=NC)NCC(c2c(F)cccc2F)N(C)C)C1. The summed E-state index contributed by atoms with van der Waals surface area (Å²) < 4.78 is 40.6. The summed E-state index contributed by atoms with van der Waals surface area (Å²) in [6.07, 6.45) is 3.88. The van der Waals surface area contributed by atoms with Crippen LogP contribution in [0.3, 0.4) is 0 Å².